The molecule has 0 unspecified atom stereocenters. The second kappa shape index (κ2) is 5.74. The van der Waals surface area contributed by atoms with Crippen LogP contribution in [0.1, 0.15) is 32.1 Å². The molecule has 0 spiro atoms. The highest BCUT2D eigenvalue weighted by Gasteiger charge is 2.17. The Balaban J connectivity index is 2.15. The van der Waals surface area contributed by atoms with E-state index in [0.29, 0.717) is 12.2 Å². The van der Waals surface area contributed by atoms with Crippen molar-refractivity contribution in [3.63, 3.8) is 0 Å². The number of aromatic carboxylic acids is 1. The summed E-state index contributed by atoms with van der Waals surface area (Å²) in [6, 6.07) is 2.83. The average molecular weight is 288 g/mol. The molecule has 2 aromatic rings. The van der Waals surface area contributed by atoms with Crippen LogP contribution >= 0.6 is 0 Å². The third kappa shape index (κ3) is 3.25. The van der Waals surface area contributed by atoms with Crippen LogP contribution < -0.4 is 0 Å². The van der Waals surface area contributed by atoms with Gasteiger partial charge in [0.05, 0.1) is 17.5 Å². The molecule has 0 aliphatic rings. The van der Waals surface area contributed by atoms with Crippen LogP contribution in [0.15, 0.2) is 24.5 Å². The zero-order valence-electron chi connectivity index (χ0n) is 12.1. The summed E-state index contributed by atoms with van der Waals surface area (Å²) in [7, 11) is 3.47. The van der Waals surface area contributed by atoms with Crippen molar-refractivity contribution in [3.05, 3.63) is 47.0 Å². The Morgan fingerprint density at radius 1 is 1.38 bits per heavy atom. The molecule has 110 valence electrons. The third-order valence-corrected chi connectivity index (χ3v) is 3.06. The maximum absolute atomic E-state index is 12.3. The predicted molar refractivity (Wildman–Crippen MR) is 74.9 cm³/mol. The van der Waals surface area contributed by atoms with Crippen LogP contribution in [0.4, 0.5) is 0 Å². The van der Waals surface area contributed by atoms with E-state index in [1.54, 1.807) is 31.9 Å². The first kappa shape index (κ1) is 14.7. The van der Waals surface area contributed by atoms with E-state index in [0.717, 1.165) is 5.56 Å². The second-order valence-corrected chi connectivity index (χ2v) is 4.82. The van der Waals surface area contributed by atoms with Crippen molar-refractivity contribution in [2.75, 3.05) is 7.05 Å². The molecule has 0 bridgehead atoms. The third-order valence-electron chi connectivity index (χ3n) is 3.06. The molecule has 0 aliphatic carbocycles. The summed E-state index contributed by atoms with van der Waals surface area (Å²) in [6.45, 7) is 1.98. The van der Waals surface area contributed by atoms with Gasteiger partial charge in [0.25, 0.3) is 5.91 Å². The van der Waals surface area contributed by atoms with Crippen LogP contribution in [0.5, 0.6) is 0 Å². The molecule has 1 amide bonds. The highest BCUT2D eigenvalue weighted by Crippen LogP contribution is 2.10. The molecule has 2 aromatic heterocycles. The molecular formula is C14H16N4O3. The van der Waals surface area contributed by atoms with Crippen LogP contribution in [-0.2, 0) is 13.6 Å². The monoisotopic (exact) mass is 288 g/mol. The van der Waals surface area contributed by atoms with Crippen molar-refractivity contribution >= 4 is 11.9 Å². The molecule has 0 aromatic carbocycles. The van der Waals surface area contributed by atoms with Gasteiger partial charge in [-0.05, 0) is 19.1 Å². The minimum absolute atomic E-state index is 0.0986. The van der Waals surface area contributed by atoms with E-state index in [9.17, 15) is 9.59 Å². The van der Waals surface area contributed by atoms with Gasteiger partial charge in [-0.2, -0.15) is 5.10 Å². The highest BCUT2D eigenvalue weighted by molar-refractivity contribution is 5.94. The molecule has 7 heteroatoms. The Morgan fingerprint density at radius 2 is 2.10 bits per heavy atom. The van der Waals surface area contributed by atoms with Gasteiger partial charge in [0.2, 0.25) is 0 Å². The molecule has 7 nitrogen and oxygen atoms in total. The lowest BCUT2D eigenvalue weighted by molar-refractivity contribution is 0.0693. The van der Waals surface area contributed by atoms with Crippen LogP contribution in [0.25, 0.3) is 0 Å². The van der Waals surface area contributed by atoms with E-state index < -0.39 is 5.97 Å². The van der Waals surface area contributed by atoms with Crippen molar-refractivity contribution < 1.29 is 14.7 Å². The van der Waals surface area contributed by atoms with E-state index in [1.807, 2.05) is 6.20 Å². The van der Waals surface area contributed by atoms with Gasteiger partial charge < -0.3 is 10.0 Å². The zero-order valence-corrected chi connectivity index (χ0v) is 12.1. The van der Waals surface area contributed by atoms with Gasteiger partial charge in [0.15, 0.2) is 0 Å². The summed E-state index contributed by atoms with van der Waals surface area (Å²) in [5.41, 5.74) is 1.56. The number of pyridine rings is 1. The van der Waals surface area contributed by atoms with Crippen molar-refractivity contribution in [2.24, 2.45) is 7.05 Å². The predicted octanol–water partition coefficient (Wildman–Crippen LogP) is 1.09. The molecule has 0 saturated carbocycles. The van der Waals surface area contributed by atoms with Crippen LogP contribution in [0.2, 0.25) is 0 Å². The lowest BCUT2D eigenvalue weighted by Gasteiger charge is -2.16. The average Bonchev–Trinajstić information content (AvgIpc) is 2.82. The van der Waals surface area contributed by atoms with Gasteiger partial charge in [-0.15, -0.1) is 0 Å². The second-order valence-electron chi connectivity index (χ2n) is 4.82. The molecule has 0 radical (unpaired) electrons. The molecule has 0 saturated heterocycles. The first-order chi connectivity index (χ1) is 9.88. The molecule has 0 fully saturated rings. The number of amides is 1. The van der Waals surface area contributed by atoms with Crippen molar-refractivity contribution in [1.29, 1.82) is 0 Å². The number of carboxylic acid groups (broad SMARTS) is 1. The number of carbonyl (C=O) groups excluding carboxylic acids is 1. The van der Waals surface area contributed by atoms with Gasteiger partial charge in [-0.25, -0.2) is 9.78 Å². The fraction of sp³-hybridized carbons (Fsp3) is 0.286. The summed E-state index contributed by atoms with van der Waals surface area (Å²) in [6.07, 6.45) is 3.52. The largest absolute Gasteiger partial charge is 0.478 e. The van der Waals surface area contributed by atoms with E-state index in [2.05, 4.69) is 10.1 Å². The zero-order chi connectivity index (χ0) is 15.6. The maximum Gasteiger partial charge on any atom is 0.337 e. The fourth-order valence-electron chi connectivity index (χ4n) is 2.00. The molecule has 21 heavy (non-hydrogen) atoms. The van der Waals surface area contributed by atoms with Crippen LogP contribution in [0, 0.1) is 6.92 Å². The van der Waals surface area contributed by atoms with E-state index >= 15 is 0 Å². The van der Waals surface area contributed by atoms with Gasteiger partial charge >= 0.3 is 5.97 Å². The minimum Gasteiger partial charge on any atom is -0.478 e. The van der Waals surface area contributed by atoms with Gasteiger partial charge in [0, 0.05) is 32.4 Å². The summed E-state index contributed by atoms with van der Waals surface area (Å²) < 4.78 is 1.66. The smallest absolute Gasteiger partial charge is 0.337 e. The van der Waals surface area contributed by atoms with Gasteiger partial charge in [0.1, 0.15) is 5.69 Å². The molecule has 1 N–H and O–H groups in total. The van der Waals surface area contributed by atoms with Crippen molar-refractivity contribution in [2.45, 2.75) is 13.5 Å². The van der Waals surface area contributed by atoms with E-state index in [-0.39, 0.29) is 17.2 Å². The Morgan fingerprint density at radius 3 is 2.62 bits per heavy atom. The Labute approximate surface area is 121 Å². The quantitative estimate of drug-likeness (QED) is 0.910. The number of carboxylic acids is 1. The summed E-state index contributed by atoms with van der Waals surface area (Å²) in [5.74, 6) is -1.32. The Bertz CT molecular complexity index is 693. The highest BCUT2D eigenvalue weighted by atomic mass is 16.4. The van der Waals surface area contributed by atoms with Crippen LogP contribution in [0.3, 0.4) is 0 Å². The minimum atomic E-state index is -1.05. The van der Waals surface area contributed by atoms with Crippen LogP contribution in [-0.4, -0.2) is 43.7 Å². The summed E-state index contributed by atoms with van der Waals surface area (Å²) in [4.78, 5) is 28.8. The lowest BCUT2D eigenvalue weighted by atomic mass is 10.2. The molecule has 0 aliphatic heterocycles. The van der Waals surface area contributed by atoms with Gasteiger partial charge in [-0.1, -0.05) is 0 Å². The number of carbonyl (C=O) groups is 2. The first-order valence-electron chi connectivity index (χ1n) is 6.32. The fourth-order valence-corrected chi connectivity index (χ4v) is 2.00. The maximum atomic E-state index is 12.3. The molecular weight excluding hydrogens is 272 g/mol. The molecule has 0 atom stereocenters. The van der Waals surface area contributed by atoms with Crippen molar-refractivity contribution in [1.82, 2.24) is 19.7 Å². The normalized spacial score (nSPS) is 10.4. The SMILES string of the molecule is Cc1nc(C(=O)N(C)Cc2cnn(C)c2)ccc1C(=O)O. The number of rotatable bonds is 4. The molecule has 2 heterocycles. The Hall–Kier alpha value is -2.70. The standard InChI is InChI=1S/C14H16N4O3/c1-9-11(14(20)21)4-5-12(16-9)13(19)17(2)7-10-6-15-18(3)8-10/h4-6,8H,7H2,1-3H3,(H,20,21). The first-order valence-corrected chi connectivity index (χ1v) is 6.32. The number of nitrogens with zero attached hydrogens (tertiary/aromatic N) is 4. The summed E-state index contributed by atoms with van der Waals surface area (Å²) >= 11 is 0. The van der Waals surface area contributed by atoms with E-state index in [4.69, 9.17) is 5.11 Å². The lowest BCUT2D eigenvalue weighted by Crippen LogP contribution is -2.27. The molecule has 2 rings (SSSR count). The number of aryl methyl sites for hydroxylation is 2. The Kier molecular flexibility index (Phi) is 4.02. The number of hydrogen-bond donors (Lipinski definition) is 1. The van der Waals surface area contributed by atoms with Crippen molar-refractivity contribution in [3.8, 4) is 0 Å². The number of hydrogen-bond acceptors (Lipinski definition) is 4. The summed E-state index contributed by atoms with van der Waals surface area (Å²) in [5, 5.41) is 13.0. The topological polar surface area (TPSA) is 88.3 Å². The van der Waals surface area contributed by atoms with Gasteiger partial charge in [-0.3, -0.25) is 9.48 Å². The van der Waals surface area contributed by atoms with E-state index in [1.165, 1.54) is 17.0 Å². The number of aromatic nitrogens is 3.